The van der Waals surface area contributed by atoms with Gasteiger partial charge in [-0.15, -0.1) is 11.8 Å². The molecule has 2 saturated carbocycles. The molecular weight excluding hydrogens is 583 g/mol. The lowest BCUT2D eigenvalue weighted by Gasteiger charge is -2.43. The molecule has 222 valence electrons. The second kappa shape index (κ2) is 10.4. The Morgan fingerprint density at radius 1 is 0.977 bits per heavy atom. The number of hydrogen-bond acceptors (Lipinski definition) is 7. The van der Waals surface area contributed by atoms with Crippen LogP contribution in [0.2, 0.25) is 0 Å². The molecule has 2 aliphatic carbocycles. The van der Waals surface area contributed by atoms with Gasteiger partial charge in [0.05, 0.1) is 22.5 Å². The molecule has 2 aromatic carbocycles. The number of aromatic amines is 1. The summed E-state index contributed by atoms with van der Waals surface area (Å²) in [4.78, 5) is 60.4. The van der Waals surface area contributed by atoms with Crippen LogP contribution < -0.4 is 14.5 Å². The fraction of sp³-hybridized carbons (Fsp3) is 0.455. The molecule has 0 spiro atoms. The van der Waals surface area contributed by atoms with Gasteiger partial charge in [-0.2, -0.15) is 0 Å². The molecule has 2 bridgehead atoms. The Hall–Kier alpha value is -3.37. The van der Waals surface area contributed by atoms with Gasteiger partial charge in [-0.25, -0.2) is 0 Å². The lowest BCUT2D eigenvalue weighted by atomic mass is 9.68. The predicted octanol–water partition coefficient (Wildman–Crippen LogP) is 4.81. The Bertz CT molecular complexity index is 1680. The number of rotatable bonds is 5. The lowest BCUT2D eigenvalue weighted by Crippen LogP contribution is -2.42. The SMILES string of the molecule is Cc1ccc(N2C(=O)[C@H]3[C@H]4C[C@@H]([C@@H]3C2=O)[C@@H]2[C@H](c3cccc(OCC(=O)N5CCCCC5)c3)c3sc(=O)[nH]c3S[C@H]42)cc1. The second-order valence-electron chi connectivity index (χ2n) is 12.6. The number of benzene rings is 2. The zero-order valence-corrected chi connectivity index (χ0v) is 25.5. The number of imide groups is 1. The first-order valence-electron chi connectivity index (χ1n) is 15.2. The molecule has 3 aliphatic heterocycles. The minimum atomic E-state index is -0.345. The fourth-order valence-corrected chi connectivity index (χ4v) is 11.4. The summed E-state index contributed by atoms with van der Waals surface area (Å²) in [6.07, 6.45) is 4.07. The van der Waals surface area contributed by atoms with Gasteiger partial charge >= 0.3 is 4.87 Å². The lowest BCUT2D eigenvalue weighted by molar-refractivity contribution is -0.134. The second-order valence-corrected chi connectivity index (χ2v) is 14.8. The number of aryl methyl sites for hydroxylation is 1. The van der Waals surface area contributed by atoms with Crippen LogP contribution in [-0.2, 0) is 14.4 Å². The minimum Gasteiger partial charge on any atom is -0.484 e. The van der Waals surface area contributed by atoms with Gasteiger partial charge in [-0.05, 0) is 80.2 Å². The Kier molecular flexibility index (Phi) is 6.56. The molecule has 8 nitrogen and oxygen atoms in total. The van der Waals surface area contributed by atoms with Gasteiger partial charge in [0.15, 0.2) is 6.61 Å². The first-order chi connectivity index (χ1) is 20.9. The number of anilines is 1. The van der Waals surface area contributed by atoms with Crippen LogP contribution in [0.4, 0.5) is 5.69 Å². The molecule has 8 rings (SSSR count). The Morgan fingerprint density at radius 3 is 2.49 bits per heavy atom. The normalized spacial score (nSPS) is 30.8. The molecule has 3 amide bonds. The third-order valence-corrected chi connectivity index (χ3v) is 12.9. The molecule has 4 fully saturated rings. The number of likely N-dealkylation sites (tertiary alicyclic amines) is 1. The summed E-state index contributed by atoms with van der Waals surface area (Å²) in [5.41, 5.74) is 2.75. The van der Waals surface area contributed by atoms with Crippen molar-refractivity contribution in [2.75, 3.05) is 24.6 Å². The van der Waals surface area contributed by atoms with Crippen LogP contribution in [-0.4, -0.2) is 52.6 Å². The number of nitrogens with one attached hydrogen (secondary N) is 1. The number of nitrogens with zero attached hydrogens (tertiary/aromatic N) is 2. The third-order valence-electron chi connectivity index (χ3n) is 10.3. The number of ether oxygens (including phenoxy) is 1. The number of H-pyrrole nitrogens is 1. The highest BCUT2D eigenvalue weighted by atomic mass is 32.2. The molecule has 3 aromatic rings. The summed E-state index contributed by atoms with van der Waals surface area (Å²) in [5, 5.41) is 0.998. The van der Waals surface area contributed by atoms with Crippen molar-refractivity contribution in [3.8, 4) is 5.75 Å². The molecule has 1 aromatic heterocycles. The molecule has 7 atom stereocenters. The average Bonchev–Trinajstić information content (AvgIpc) is 3.76. The van der Waals surface area contributed by atoms with Crippen LogP contribution in [0.5, 0.6) is 5.75 Å². The number of aromatic nitrogens is 1. The minimum absolute atomic E-state index is 0.00131. The number of thioether (sulfide) groups is 1. The van der Waals surface area contributed by atoms with E-state index in [-0.39, 0.29) is 70.0 Å². The maximum absolute atomic E-state index is 14.0. The van der Waals surface area contributed by atoms with Crippen LogP contribution in [0.25, 0.3) is 0 Å². The van der Waals surface area contributed by atoms with Crippen molar-refractivity contribution in [3.63, 3.8) is 0 Å². The molecular formula is C33H33N3O5S2. The summed E-state index contributed by atoms with van der Waals surface area (Å²) in [6, 6.07) is 15.5. The van der Waals surface area contributed by atoms with Crippen molar-refractivity contribution in [1.82, 2.24) is 9.88 Å². The number of piperidine rings is 1. The molecule has 0 radical (unpaired) electrons. The monoisotopic (exact) mass is 615 g/mol. The first-order valence-corrected chi connectivity index (χ1v) is 16.9. The van der Waals surface area contributed by atoms with Crippen LogP contribution in [0.1, 0.15) is 47.6 Å². The number of fused-ring (bicyclic) bond motifs is 9. The van der Waals surface area contributed by atoms with Crippen molar-refractivity contribution >= 4 is 46.5 Å². The zero-order valence-electron chi connectivity index (χ0n) is 23.9. The molecule has 10 heteroatoms. The Balaban J connectivity index is 1.11. The van der Waals surface area contributed by atoms with E-state index in [2.05, 4.69) is 11.1 Å². The smallest absolute Gasteiger partial charge is 0.305 e. The number of amides is 3. The quantitative estimate of drug-likeness (QED) is 0.414. The van der Waals surface area contributed by atoms with Gasteiger partial charge < -0.3 is 14.6 Å². The van der Waals surface area contributed by atoms with Gasteiger partial charge in [0, 0.05) is 29.1 Å². The number of thiazole rings is 1. The summed E-state index contributed by atoms with van der Waals surface area (Å²) in [6.45, 7) is 3.56. The molecule has 1 N–H and O–H groups in total. The zero-order chi connectivity index (χ0) is 29.4. The maximum Gasteiger partial charge on any atom is 0.305 e. The van der Waals surface area contributed by atoms with Gasteiger partial charge in [-0.3, -0.25) is 24.1 Å². The van der Waals surface area contributed by atoms with E-state index in [1.165, 1.54) is 16.2 Å². The van der Waals surface area contributed by atoms with E-state index in [9.17, 15) is 19.2 Å². The van der Waals surface area contributed by atoms with Gasteiger partial charge in [-0.1, -0.05) is 41.2 Å². The van der Waals surface area contributed by atoms with Crippen LogP contribution in [0.3, 0.4) is 0 Å². The number of carbonyl (C=O) groups is 3. The van der Waals surface area contributed by atoms with E-state index >= 15 is 0 Å². The van der Waals surface area contributed by atoms with Crippen LogP contribution >= 0.6 is 23.1 Å². The fourth-order valence-electron chi connectivity index (χ4n) is 8.52. The van der Waals surface area contributed by atoms with Crippen molar-refractivity contribution in [1.29, 1.82) is 0 Å². The highest BCUT2D eigenvalue weighted by Gasteiger charge is 2.69. The van der Waals surface area contributed by atoms with E-state index in [0.29, 0.717) is 11.4 Å². The van der Waals surface area contributed by atoms with Crippen LogP contribution in [0.15, 0.2) is 58.4 Å². The van der Waals surface area contributed by atoms with E-state index in [4.69, 9.17) is 4.74 Å². The molecule has 0 unspecified atom stereocenters. The molecule has 43 heavy (non-hydrogen) atoms. The topological polar surface area (TPSA) is 99.8 Å². The first kappa shape index (κ1) is 27.2. The van der Waals surface area contributed by atoms with Crippen LogP contribution in [0, 0.1) is 36.5 Å². The summed E-state index contributed by atoms with van der Waals surface area (Å²) in [5.74, 6) is -0.0906. The molecule has 5 aliphatic rings. The Morgan fingerprint density at radius 2 is 1.72 bits per heavy atom. The van der Waals surface area contributed by atoms with E-state index in [1.54, 1.807) is 11.8 Å². The molecule has 2 saturated heterocycles. The van der Waals surface area contributed by atoms with Crippen molar-refractivity contribution < 1.29 is 19.1 Å². The largest absolute Gasteiger partial charge is 0.484 e. The maximum atomic E-state index is 14.0. The van der Waals surface area contributed by atoms with Crippen molar-refractivity contribution in [2.24, 2.45) is 29.6 Å². The molecule has 4 heterocycles. The van der Waals surface area contributed by atoms with Crippen molar-refractivity contribution in [2.45, 2.75) is 48.8 Å². The predicted molar refractivity (Wildman–Crippen MR) is 165 cm³/mol. The summed E-state index contributed by atoms with van der Waals surface area (Å²) >= 11 is 2.93. The standard InChI is InChI=1S/C33H33N3O5S2/c1-17-8-10-19(11-9-17)36-31(38)26-21-15-22(27(26)32(36)39)28-25(21)24(29-30(42-28)34-33(40)43-29)18-6-5-7-20(14-18)41-16-23(37)35-12-3-2-4-13-35/h5-11,14,21-22,24-28H,2-4,12-13,15-16H2,1H3,(H,34,40)/t21-,22-,24+,25-,26+,27+,28-/m1/s1. The van der Waals surface area contributed by atoms with E-state index < -0.39 is 0 Å². The van der Waals surface area contributed by atoms with Gasteiger partial charge in [0.2, 0.25) is 11.8 Å². The highest BCUT2D eigenvalue weighted by molar-refractivity contribution is 8.00. The van der Waals surface area contributed by atoms with Crippen molar-refractivity contribution in [3.05, 3.63) is 74.2 Å². The number of carbonyl (C=O) groups excluding carboxylic acids is 3. The third kappa shape index (κ3) is 4.31. The van der Waals surface area contributed by atoms with Gasteiger partial charge in [0.1, 0.15) is 5.75 Å². The number of hydrogen-bond donors (Lipinski definition) is 1. The summed E-state index contributed by atoms with van der Waals surface area (Å²) in [7, 11) is 0. The Labute approximate surface area is 257 Å². The van der Waals surface area contributed by atoms with Gasteiger partial charge in [0.25, 0.3) is 5.91 Å². The average molecular weight is 616 g/mol. The summed E-state index contributed by atoms with van der Waals surface area (Å²) < 4.78 is 6.02. The van der Waals surface area contributed by atoms with E-state index in [1.807, 2.05) is 54.3 Å². The van der Waals surface area contributed by atoms with E-state index in [0.717, 1.165) is 59.8 Å². The highest BCUT2D eigenvalue weighted by Crippen LogP contribution is 2.68.